The fraction of sp³-hybridized carbons (Fsp3) is 0.571. The predicted molar refractivity (Wildman–Crippen MR) is 103 cm³/mol. The lowest BCUT2D eigenvalue weighted by Crippen LogP contribution is -2.59. The maximum Gasteiger partial charge on any atom is 0.246 e. The second-order valence-corrected chi connectivity index (χ2v) is 8.05. The quantitative estimate of drug-likeness (QED) is 0.811. The van der Waals surface area contributed by atoms with Gasteiger partial charge in [0.15, 0.2) is 0 Å². The summed E-state index contributed by atoms with van der Waals surface area (Å²) in [5, 5.41) is 0. The monoisotopic (exact) mass is 371 g/mol. The third kappa shape index (κ3) is 4.49. The van der Waals surface area contributed by atoms with Crippen molar-refractivity contribution < 1.29 is 14.4 Å². The Kier molecular flexibility index (Phi) is 5.82. The molecule has 146 valence electrons. The number of rotatable bonds is 4. The van der Waals surface area contributed by atoms with Crippen molar-refractivity contribution in [2.45, 2.75) is 46.2 Å². The molecule has 2 heterocycles. The summed E-state index contributed by atoms with van der Waals surface area (Å²) in [7, 11) is 0. The molecule has 0 bridgehead atoms. The van der Waals surface area contributed by atoms with Crippen molar-refractivity contribution >= 4 is 17.7 Å². The molecule has 0 saturated carbocycles. The molecule has 6 nitrogen and oxygen atoms in total. The fourth-order valence-electron chi connectivity index (χ4n) is 3.92. The van der Waals surface area contributed by atoms with E-state index in [0.29, 0.717) is 44.9 Å². The van der Waals surface area contributed by atoms with Crippen LogP contribution in [-0.2, 0) is 20.9 Å². The highest BCUT2D eigenvalue weighted by Gasteiger charge is 2.41. The van der Waals surface area contributed by atoms with Crippen molar-refractivity contribution in [1.82, 2.24) is 14.7 Å². The topological polar surface area (TPSA) is 60.9 Å². The van der Waals surface area contributed by atoms with Crippen LogP contribution in [0.1, 0.15) is 37.8 Å². The summed E-state index contributed by atoms with van der Waals surface area (Å²) in [6.45, 7) is 8.11. The Balaban J connectivity index is 1.70. The number of nitrogens with zero attached hydrogens (tertiary/aromatic N) is 3. The molecule has 0 aliphatic carbocycles. The average molecular weight is 371 g/mol. The van der Waals surface area contributed by atoms with E-state index in [4.69, 9.17) is 0 Å². The highest BCUT2D eigenvalue weighted by atomic mass is 16.2. The molecule has 1 aromatic rings. The lowest BCUT2D eigenvalue weighted by atomic mass is 10.1. The standard InChI is InChI=1S/C21H29N3O3/c1-15(2)11-19(25)22-8-7-18-21(27)23(14-20(26)24(18)10-9-22)13-17-6-4-5-16(3)12-17/h4-6,12,15,18H,7-11,13-14H2,1-3H3. The summed E-state index contributed by atoms with van der Waals surface area (Å²) in [5.74, 6) is 0.387. The highest BCUT2D eigenvalue weighted by molar-refractivity contribution is 5.95. The van der Waals surface area contributed by atoms with Gasteiger partial charge in [0.1, 0.15) is 12.6 Å². The molecule has 6 heteroatoms. The Morgan fingerprint density at radius 3 is 2.67 bits per heavy atom. The number of carbonyl (C=O) groups excluding carboxylic acids is 3. The minimum Gasteiger partial charge on any atom is -0.341 e. The molecule has 1 unspecified atom stereocenters. The number of hydrogen-bond acceptors (Lipinski definition) is 3. The van der Waals surface area contributed by atoms with Crippen LogP contribution >= 0.6 is 0 Å². The second kappa shape index (κ2) is 8.11. The van der Waals surface area contributed by atoms with Crippen LogP contribution in [0.15, 0.2) is 24.3 Å². The number of fused-ring (bicyclic) bond motifs is 1. The molecule has 1 atom stereocenters. The third-order valence-electron chi connectivity index (χ3n) is 5.29. The molecule has 2 aliphatic rings. The molecule has 2 aliphatic heterocycles. The normalized spacial score (nSPS) is 20.7. The minimum absolute atomic E-state index is 0.00531. The second-order valence-electron chi connectivity index (χ2n) is 8.05. The van der Waals surface area contributed by atoms with Gasteiger partial charge in [-0.2, -0.15) is 0 Å². The van der Waals surface area contributed by atoms with Crippen LogP contribution in [0.3, 0.4) is 0 Å². The molecule has 2 fully saturated rings. The first kappa shape index (κ1) is 19.4. The van der Waals surface area contributed by atoms with Gasteiger partial charge < -0.3 is 14.7 Å². The van der Waals surface area contributed by atoms with E-state index in [9.17, 15) is 14.4 Å². The van der Waals surface area contributed by atoms with Gasteiger partial charge in [0.25, 0.3) is 0 Å². The lowest BCUT2D eigenvalue weighted by Gasteiger charge is -2.39. The van der Waals surface area contributed by atoms with E-state index in [1.807, 2.05) is 49.9 Å². The Morgan fingerprint density at radius 2 is 1.96 bits per heavy atom. The molecule has 0 N–H and O–H groups in total. The van der Waals surface area contributed by atoms with Crippen molar-refractivity contribution in [2.24, 2.45) is 5.92 Å². The van der Waals surface area contributed by atoms with E-state index in [0.717, 1.165) is 11.1 Å². The largest absolute Gasteiger partial charge is 0.341 e. The zero-order chi connectivity index (χ0) is 19.6. The van der Waals surface area contributed by atoms with Crippen LogP contribution in [-0.4, -0.2) is 64.6 Å². The van der Waals surface area contributed by atoms with Crippen LogP contribution in [0.2, 0.25) is 0 Å². The number of piperazine rings is 1. The molecule has 2 saturated heterocycles. The van der Waals surface area contributed by atoms with Crippen molar-refractivity contribution in [2.75, 3.05) is 26.2 Å². The van der Waals surface area contributed by atoms with Crippen molar-refractivity contribution in [3.05, 3.63) is 35.4 Å². The van der Waals surface area contributed by atoms with Crippen molar-refractivity contribution in [3.63, 3.8) is 0 Å². The van der Waals surface area contributed by atoms with Gasteiger partial charge in [-0.05, 0) is 24.8 Å². The van der Waals surface area contributed by atoms with Gasteiger partial charge >= 0.3 is 0 Å². The number of aryl methyl sites for hydroxylation is 1. The van der Waals surface area contributed by atoms with E-state index in [-0.39, 0.29) is 24.3 Å². The highest BCUT2D eigenvalue weighted by Crippen LogP contribution is 2.21. The zero-order valence-electron chi connectivity index (χ0n) is 16.5. The molecular weight excluding hydrogens is 342 g/mol. The molecule has 0 aromatic heterocycles. The van der Waals surface area contributed by atoms with Gasteiger partial charge in [-0.25, -0.2) is 0 Å². The van der Waals surface area contributed by atoms with E-state index < -0.39 is 6.04 Å². The first-order valence-electron chi connectivity index (χ1n) is 9.76. The maximum atomic E-state index is 13.0. The van der Waals surface area contributed by atoms with Crippen LogP contribution in [0, 0.1) is 12.8 Å². The molecular formula is C21H29N3O3. The number of hydrogen-bond donors (Lipinski definition) is 0. The van der Waals surface area contributed by atoms with E-state index in [2.05, 4.69) is 0 Å². The van der Waals surface area contributed by atoms with Gasteiger partial charge in [-0.1, -0.05) is 43.7 Å². The number of amides is 3. The van der Waals surface area contributed by atoms with E-state index in [1.54, 1.807) is 9.80 Å². The van der Waals surface area contributed by atoms with Gasteiger partial charge in [0.05, 0.1) is 0 Å². The number of benzene rings is 1. The first-order valence-corrected chi connectivity index (χ1v) is 9.76. The summed E-state index contributed by atoms with van der Waals surface area (Å²) in [5.41, 5.74) is 2.17. The summed E-state index contributed by atoms with van der Waals surface area (Å²) in [4.78, 5) is 43.2. The summed E-state index contributed by atoms with van der Waals surface area (Å²) >= 11 is 0. The van der Waals surface area contributed by atoms with Crippen LogP contribution < -0.4 is 0 Å². The molecule has 0 radical (unpaired) electrons. The molecule has 3 rings (SSSR count). The Bertz CT molecular complexity index is 731. The van der Waals surface area contributed by atoms with Crippen molar-refractivity contribution in [3.8, 4) is 0 Å². The Hall–Kier alpha value is -2.37. The fourth-order valence-corrected chi connectivity index (χ4v) is 3.92. The van der Waals surface area contributed by atoms with Gasteiger partial charge in [-0.3, -0.25) is 14.4 Å². The minimum atomic E-state index is -0.451. The van der Waals surface area contributed by atoms with Crippen LogP contribution in [0.4, 0.5) is 0 Å². The number of carbonyl (C=O) groups is 3. The average Bonchev–Trinajstić information content (AvgIpc) is 2.82. The summed E-state index contributed by atoms with van der Waals surface area (Å²) in [6.07, 6.45) is 1.02. The summed E-state index contributed by atoms with van der Waals surface area (Å²) < 4.78 is 0. The first-order chi connectivity index (χ1) is 12.8. The Morgan fingerprint density at radius 1 is 1.19 bits per heavy atom. The third-order valence-corrected chi connectivity index (χ3v) is 5.29. The smallest absolute Gasteiger partial charge is 0.246 e. The summed E-state index contributed by atoms with van der Waals surface area (Å²) in [6, 6.07) is 7.56. The Labute approximate surface area is 161 Å². The van der Waals surface area contributed by atoms with E-state index >= 15 is 0 Å². The van der Waals surface area contributed by atoms with E-state index in [1.165, 1.54) is 0 Å². The molecule has 3 amide bonds. The SMILES string of the molecule is Cc1cccc(CN2CC(=O)N3CCN(C(=O)CC(C)C)CCC3C2=O)c1. The van der Waals surface area contributed by atoms with Gasteiger partial charge in [-0.15, -0.1) is 0 Å². The van der Waals surface area contributed by atoms with Gasteiger partial charge in [0.2, 0.25) is 17.7 Å². The molecule has 0 spiro atoms. The molecule has 27 heavy (non-hydrogen) atoms. The van der Waals surface area contributed by atoms with Crippen LogP contribution in [0.25, 0.3) is 0 Å². The zero-order valence-corrected chi connectivity index (χ0v) is 16.5. The predicted octanol–water partition coefficient (Wildman–Crippen LogP) is 1.81. The van der Waals surface area contributed by atoms with Gasteiger partial charge in [0, 0.05) is 32.6 Å². The maximum absolute atomic E-state index is 13.0. The molecule has 1 aromatic carbocycles. The lowest BCUT2D eigenvalue weighted by molar-refractivity contribution is -0.156. The van der Waals surface area contributed by atoms with Crippen molar-refractivity contribution in [1.29, 1.82) is 0 Å². The van der Waals surface area contributed by atoms with Crippen LogP contribution in [0.5, 0.6) is 0 Å².